The maximum atomic E-state index is 12.9. The molecule has 2 fully saturated rings. The number of amides is 1. The van der Waals surface area contributed by atoms with Gasteiger partial charge in [0, 0.05) is 19.2 Å². The number of rotatable bonds is 5. The van der Waals surface area contributed by atoms with Crippen molar-refractivity contribution in [3.63, 3.8) is 0 Å². The molecule has 1 N–H and O–H groups in total. The highest BCUT2D eigenvalue weighted by molar-refractivity contribution is 5.80. The van der Waals surface area contributed by atoms with Crippen molar-refractivity contribution in [2.75, 3.05) is 13.1 Å². The van der Waals surface area contributed by atoms with E-state index in [0.29, 0.717) is 5.92 Å². The maximum absolute atomic E-state index is 12.9. The van der Waals surface area contributed by atoms with Crippen LogP contribution in [0, 0.1) is 11.8 Å². The molecule has 2 rings (SSSR count). The fraction of sp³-hybridized carbons (Fsp3) is 0.842. The third kappa shape index (κ3) is 6.08. The minimum Gasteiger partial charge on any atom is -0.481 e. The lowest BCUT2D eigenvalue weighted by Crippen LogP contribution is -2.40. The van der Waals surface area contributed by atoms with Crippen molar-refractivity contribution in [2.24, 2.45) is 11.8 Å². The lowest BCUT2D eigenvalue weighted by molar-refractivity contribution is -0.135. The number of carbonyl (C=O) groups excluding carboxylic acids is 1. The van der Waals surface area contributed by atoms with Crippen LogP contribution in [0.4, 0.5) is 0 Å². The minimum absolute atomic E-state index is 0.106. The molecule has 1 saturated heterocycles. The topological polar surface area (TPSA) is 49.8 Å². The summed E-state index contributed by atoms with van der Waals surface area (Å²) in [4.78, 5) is 14.9. The zero-order valence-corrected chi connectivity index (χ0v) is 15.0. The molecular weight excluding hydrogens is 290 g/mol. The molecule has 1 atom stereocenters. The van der Waals surface area contributed by atoms with Crippen molar-refractivity contribution >= 4 is 5.91 Å². The SMILES string of the molecule is CC(C)(C)O/C(O)=C/[C@@H](CC1CCCC1)C(=O)N1CCCCC1. The van der Waals surface area contributed by atoms with Crippen LogP contribution in [0.3, 0.4) is 0 Å². The minimum atomic E-state index is -0.452. The van der Waals surface area contributed by atoms with Gasteiger partial charge in [-0.05, 0) is 52.4 Å². The highest BCUT2D eigenvalue weighted by atomic mass is 16.6. The highest BCUT2D eigenvalue weighted by Crippen LogP contribution is 2.32. The number of piperidine rings is 1. The Morgan fingerprint density at radius 3 is 2.35 bits per heavy atom. The Bertz CT molecular complexity index is 413. The molecule has 0 radical (unpaired) electrons. The largest absolute Gasteiger partial charge is 0.481 e. The van der Waals surface area contributed by atoms with Gasteiger partial charge in [-0.2, -0.15) is 0 Å². The van der Waals surface area contributed by atoms with Crippen molar-refractivity contribution < 1.29 is 14.6 Å². The summed E-state index contributed by atoms with van der Waals surface area (Å²) in [6.45, 7) is 7.41. The number of likely N-dealkylation sites (tertiary alicyclic amines) is 1. The normalized spacial score (nSPS) is 22.2. The average molecular weight is 323 g/mol. The first-order chi connectivity index (χ1) is 10.8. The molecule has 4 nitrogen and oxygen atoms in total. The standard InChI is InChI=1S/C19H33NO3/c1-19(2,3)23-17(21)14-16(13-15-9-5-6-10-15)18(22)20-11-7-4-8-12-20/h14-16,21H,4-13H2,1-3H3/b17-14+/t16-/m1/s1. The Morgan fingerprint density at radius 2 is 1.78 bits per heavy atom. The van der Waals surface area contributed by atoms with Gasteiger partial charge in [0.25, 0.3) is 5.95 Å². The smallest absolute Gasteiger partial charge is 0.273 e. The van der Waals surface area contributed by atoms with Gasteiger partial charge in [-0.25, -0.2) is 0 Å². The molecule has 1 aliphatic heterocycles. The van der Waals surface area contributed by atoms with E-state index in [0.717, 1.165) is 32.4 Å². The van der Waals surface area contributed by atoms with Crippen LogP contribution in [-0.4, -0.2) is 34.6 Å². The van der Waals surface area contributed by atoms with Crippen LogP contribution in [0.2, 0.25) is 0 Å². The lowest BCUT2D eigenvalue weighted by atomic mass is 9.91. The van der Waals surface area contributed by atoms with Crippen LogP contribution in [0.25, 0.3) is 0 Å². The molecule has 1 heterocycles. The maximum Gasteiger partial charge on any atom is 0.273 e. The number of hydrogen-bond acceptors (Lipinski definition) is 3. The van der Waals surface area contributed by atoms with Crippen LogP contribution in [0.5, 0.6) is 0 Å². The Morgan fingerprint density at radius 1 is 1.17 bits per heavy atom. The van der Waals surface area contributed by atoms with Gasteiger partial charge in [-0.15, -0.1) is 0 Å². The van der Waals surface area contributed by atoms with Crippen molar-refractivity contribution in [2.45, 2.75) is 77.7 Å². The first kappa shape index (κ1) is 18.2. The van der Waals surface area contributed by atoms with Gasteiger partial charge in [-0.3, -0.25) is 4.79 Å². The number of ether oxygens (including phenoxy) is 1. The van der Waals surface area contributed by atoms with Crippen LogP contribution in [0.15, 0.2) is 12.0 Å². The van der Waals surface area contributed by atoms with Gasteiger partial charge in [0.05, 0.1) is 5.92 Å². The Hall–Kier alpha value is -1.19. The number of carbonyl (C=O) groups is 1. The summed E-state index contributed by atoms with van der Waals surface area (Å²) in [5.74, 6) is 0.414. The molecule has 1 aliphatic carbocycles. The second-order valence-electron chi connectivity index (χ2n) is 8.10. The zero-order valence-electron chi connectivity index (χ0n) is 15.0. The first-order valence-electron chi connectivity index (χ1n) is 9.24. The fourth-order valence-electron chi connectivity index (χ4n) is 3.71. The Balaban J connectivity index is 2.06. The van der Waals surface area contributed by atoms with E-state index >= 15 is 0 Å². The van der Waals surface area contributed by atoms with Crippen LogP contribution >= 0.6 is 0 Å². The van der Waals surface area contributed by atoms with Gasteiger partial charge in [-0.1, -0.05) is 25.7 Å². The van der Waals surface area contributed by atoms with Gasteiger partial charge >= 0.3 is 0 Å². The molecule has 0 aromatic rings. The monoisotopic (exact) mass is 323 g/mol. The van der Waals surface area contributed by atoms with Gasteiger partial charge in [0.2, 0.25) is 5.91 Å². The molecule has 4 heteroatoms. The molecule has 1 amide bonds. The molecule has 0 spiro atoms. The number of nitrogens with zero attached hydrogens (tertiary/aromatic N) is 1. The average Bonchev–Trinajstić information content (AvgIpc) is 2.98. The Labute approximate surface area is 140 Å². The van der Waals surface area contributed by atoms with E-state index in [2.05, 4.69) is 0 Å². The van der Waals surface area contributed by atoms with Crippen molar-refractivity contribution in [1.82, 2.24) is 4.90 Å². The van der Waals surface area contributed by atoms with Crippen molar-refractivity contribution in [1.29, 1.82) is 0 Å². The first-order valence-corrected chi connectivity index (χ1v) is 9.24. The fourth-order valence-corrected chi connectivity index (χ4v) is 3.71. The number of aliphatic hydroxyl groups excluding tert-OH is 1. The summed E-state index contributed by atoms with van der Waals surface area (Å²) >= 11 is 0. The van der Waals surface area contributed by atoms with Crippen molar-refractivity contribution in [3.05, 3.63) is 12.0 Å². The molecule has 0 aromatic carbocycles. The van der Waals surface area contributed by atoms with Gasteiger partial charge < -0.3 is 14.7 Å². The molecule has 132 valence electrons. The van der Waals surface area contributed by atoms with E-state index in [9.17, 15) is 9.90 Å². The third-order valence-corrected chi connectivity index (χ3v) is 4.80. The van der Waals surface area contributed by atoms with Crippen LogP contribution < -0.4 is 0 Å². The molecule has 1 saturated carbocycles. The predicted molar refractivity (Wildman–Crippen MR) is 92.0 cm³/mol. The summed E-state index contributed by atoms with van der Waals surface area (Å²) in [5, 5.41) is 10.1. The molecule has 0 unspecified atom stereocenters. The summed E-state index contributed by atoms with van der Waals surface area (Å²) in [6, 6.07) is 0. The number of aliphatic hydroxyl groups is 1. The molecule has 23 heavy (non-hydrogen) atoms. The summed E-state index contributed by atoms with van der Waals surface area (Å²) in [6.07, 6.45) is 10.8. The van der Waals surface area contributed by atoms with Crippen LogP contribution in [-0.2, 0) is 9.53 Å². The van der Waals surface area contributed by atoms with Crippen molar-refractivity contribution in [3.8, 4) is 0 Å². The van der Waals surface area contributed by atoms with Gasteiger partial charge in [0.1, 0.15) is 5.60 Å². The summed E-state index contributed by atoms with van der Waals surface area (Å²) in [5.41, 5.74) is -0.452. The summed E-state index contributed by atoms with van der Waals surface area (Å²) < 4.78 is 5.52. The lowest BCUT2D eigenvalue weighted by Gasteiger charge is -2.30. The van der Waals surface area contributed by atoms with Crippen LogP contribution in [0.1, 0.15) is 72.1 Å². The predicted octanol–water partition coefficient (Wildman–Crippen LogP) is 4.41. The van der Waals surface area contributed by atoms with E-state index in [1.807, 2.05) is 25.7 Å². The van der Waals surface area contributed by atoms with E-state index in [1.54, 1.807) is 6.08 Å². The quantitative estimate of drug-likeness (QED) is 0.762. The Kier molecular flexibility index (Phi) is 6.37. The number of hydrogen-bond donors (Lipinski definition) is 1. The van der Waals surface area contributed by atoms with E-state index < -0.39 is 5.60 Å². The molecule has 2 aliphatic rings. The highest BCUT2D eigenvalue weighted by Gasteiger charge is 2.29. The molecular formula is C19H33NO3. The third-order valence-electron chi connectivity index (χ3n) is 4.80. The second kappa shape index (κ2) is 8.07. The molecule has 0 aromatic heterocycles. The van der Waals surface area contributed by atoms with E-state index in [4.69, 9.17) is 4.74 Å². The summed E-state index contributed by atoms with van der Waals surface area (Å²) in [7, 11) is 0. The van der Waals surface area contributed by atoms with Gasteiger partial charge in [0.15, 0.2) is 0 Å². The van der Waals surface area contributed by atoms with E-state index in [-0.39, 0.29) is 17.8 Å². The second-order valence-corrected chi connectivity index (χ2v) is 8.10. The molecule has 0 bridgehead atoms. The zero-order chi connectivity index (χ0) is 16.9. The van der Waals surface area contributed by atoms with E-state index in [1.165, 1.54) is 32.1 Å².